The lowest BCUT2D eigenvalue weighted by Gasteiger charge is -2.30. The molecule has 0 aromatic carbocycles. The Hall–Kier alpha value is -1.10. The third kappa shape index (κ3) is 5.17. The number of ether oxygens (including phenoxy) is 1. The molecule has 0 aromatic rings. The Bertz CT molecular complexity index is 260. The van der Waals surface area contributed by atoms with E-state index in [2.05, 4.69) is 12.2 Å². The van der Waals surface area contributed by atoms with Gasteiger partial charge in [0.15, 0.2) is 0 Å². The average Bonchev–Trinajstić information content (AvgIpc) is 2.30. The number of carbonyl (C=O) groups excluding carboxylic acids is 2. The van der Waals surface area contributed by atoms with Gasteiger partial charge in [0, 0.05) is 26.7 Å². The number of nitrogens with one attached hydrogen (secondary N) is 1. The number of hydrogen-bond acceptors (Lipinski definition) is 3. The average molecular weight is 242 g/mol. The van der Waals surface area contributed by atoms with Crippen LogP contribution in [0.5, 0.6) is 0 Å². The number of carbonyl (C=O) groups is 2. The minimum absolute atomic E-state index is 0.0436. The summed E-state index contributed by atoms with van der Waals surface area (Å²) in [7, 11) is 1.58. The van der Waals surface area contributed by atoms with E-state index in [0.29, 0.717) is 19.1 Å². The Balaban J connectivity index is 2.21. The van der Waals surface area contributed by atoms with Crippen molar-refractivity contribution >= 4 is 11.8 Å². The molecular weight excluding hydrogens is 220 g/mol. The van der Waals surface area contributed by atoms with E-state index in [1.165, 1.54) is 0 Å². The monoisotopic (exact) mass is 242 g/mol. The summed E-state index contributed by atoms with van der Waals surface area (Å²) < 4.78 is 4.82. The summed E-state index contributed by atoms with van der Waals surface area (Å²) in [6, 6.07) is 0. The Morgan fingerprint density at radius 1 is 1.35 bits per heavy atom. The molecule has 1 fully saturated rings. The first-order valence-corrected chi connectivity index (χ1v) is 6.17. The molecular formula is C12H22N2O3. The fourth-order valence-electron chi connectivity index (χ4n) is 1.86. The number of methoxy groups -OCH3 is 1. The maximum Gasteiger partial charge on any atom is 0.232 e. The Morgan fingerprint density at radius 2 is 2.00 bits per heavy atom. The van der Waals surface area contributed by atoms with Gasteiger partial charge in [-0.15, -0.1) is 0 Å². The third-order valence-electron chi connectivity index (χ3n) is 3.08. The van der Waals surface area contributed by atoms with Crippen LogP contribution in [0.15, 0.2) is 0 Å². The summed E-state index contributed by atoms with van der Waals surface area (Å²) in [5, 5.41) is 2.65. The minimum atomic E-state index is -0.217. The molecule has 17 heavy (non-hydrogen) atoms. The van der Waals surface area contributed by atoms with Crippen LogP contribution in [0.3, 0.4) is 0 Å². The second kappa shape index (κ2) is 7.27. The zero-order valence-corrected chi connectivity index (χ0v) is 10.7. The lowest BCUT2D eigenvalue weighted by atomic mass is 9.99. The van der Waals surface area contributed by atoms with Gasteiger partial charge in [-0.2, -0.15) is 0 Å². The minimum Gasteiger partial charge on any atom is -0.383 e. The molecule has 0 radical (unpaired) electrons. The van der Waals surface area contributed by atoms with E-state index in [9.17, 15) is 9.59 Å². The van der Waals surface area contributed by atoms with Crippen molar-refractivity contribution in [3.05, 3.63) is 0 Å². The van der Waals surface area contributed by atoms with Crippen LogP contribution < -0.4 is 5.32 Å². The van der Waals surface area contributed by atoms with E-state index in [1.54, 1.807) is 12.0 Å². The van der Waals surface area contributed by atoms with Crippen molar-refractivity contribution in [2.45, 2.75) is 26.2 Å². The lowest BCUT2D eigenvalue weighted by Crippen LogP contribution is -2.40. The van der Waals surface area contributed by atoms with Crippen LogP contribution in [-0.2, 0) is 14.3 Å². The topological polar surface area (TPSA) is 58.6 Å². The van der Waals surface area contributed by atoms with Gasteiger partial charge in [0.1, 0.15) is 6.42 Å². The van der Waals surface area contributed by atoms with Gasteiger partial charge in [-0.05, 0) is 18.8 Å². The van der Waals surface area contributed by atoms with Crippen LogP contribution in [0.2, 0.25) is 0 Å². The van der Waals surface area contributed by atoms with Crippen LogP contribution in [-0.4, -0.2) is 50.1 Å². The number of amides is 2. The van der Waals surface area contributed by atoms with Crippen LogP contribution >= 0.6 is 0 Å². The molecule has 5 nitrogen and oxygen atoms in total. The second-order valence-corrected chi connectivity index (χ2v) is 4.58. The molecule has 1 saturated heterocycles. The number of likely N-dealkylation sites (tertiary alicyclic amines) is 1. The number of rotatable bonds is 5. The Kier molecular flexibility index (Phi) is 5.97. The van der Waals surface area contributed by atoms with Gasteiger partial charge in [-0.25, -0.2) is 0 Å². The van der Waals surface area contributed by atoms with E-state index in [4.69, 9.17) is 4.74 Å². The largest absolute Gasteiger partial charge is 0.383 e. The summed E-state index contributed by atoms with van der Waals surface area (Å²) in [5.74, 6) is 0.409. The highest BCUT2D eigenvalue weighted by Gasteiger charge is 2.21. The molecule has 1 heterocycles. The van der Waals surface area contributed by atoms with Crippen LogP contribution in [0, 0.1) is 5.92 Å². The zero-order chi connectivity index (χ0) is 12.7. The standard InChI is InChI=1S/C12H22N2O3/c1-10-3-6-14(7-4-10)12(16)9-11(15)13-5-8-17-2/h10H,3-9H2,1-2H3,(H,13,15). The van der Waals surface area contributed by atoms with Crippen molar-refractivity contribution < 1.29 is 14.3 Å². The van der Waals surface area contributed by atoms with E-state index in [1.807, 2.05) is 0 Å². The van der Waals surface area contributed by atoms with Crippen LogP contribution in [0.1, 0.15) is 26.2 Å². The van der Waals surface area contributed by atoms with E-state index >= 15 is 0 Å². The highest BCUT2D eigenvalue weighted by molar-refractivity contribution is 5.96. The van der Waals surface area contributed by atoms with Gasteiger partial charge in [-0.3, -0.25) is 9.59 Å². The lowest BCUT2D eigenvalue weighted by molar-refractivity contribution is -0.137. The molecule has 0 bridgehead atoms. The van der Waals surface area contributed by atoms with Crippen molar-refractivity contribution in [3.63, 3.8) is 0 Å². The first-order chi connectivity index (χ1) is 8.13. The highest BCUT2D eigenvalue weighted by Crippen LogP contribution is 2.16. The molecule has 1 N–H and O–H groups in total. The van der Waals surface area contributed by atoms with E-state index in [-0.39, 0.29) is 18.2 Å². The van der Waals surface area contributed by atoms with Gasteiger partial charge in [0.05, 0.1) is 6.61 Å². The predicted octanol–water partition coefficient (Wildman–Crippen LogP) is 0.398. The van der Waals surface area contributed by atoms with E-state index < -0.39 is 0 Å². The number of nitrogens with zero attached hydrogens (tertiary/aromatic N) is 1. The Morgan fingerprint density at radius 3 is 2.59 bits per heavy atom. The summed E-state index contributed by atoms with van der Waals surface area (Å²) in [5.41, 5.74) is 0. The van der Waals surface area contributed by atoms with Crippen molar-refractivity contribution in [2.24, 2.45) is 5.92 Å². The molecule has 1 aliphatic heterocycles. The third-order valence-corrected chi connectivity index (χ3v) is 3.08. The molecule has 1 rings (SSSR count). The molecule has 2 amide bonds. The molecule has 0 spiro atoms. The quantitative estimate of drug-likeness (QED) is 0.561. The molecule has 0 aliphatic carbocycles. The molecule has 0 aromatic heterocycles. The predicted molar refractivity (Wildman–Crippen MR) is 64.5 cm³/mol. The van der Waals surface area contributed by atoms with Gasteiger partial charge in [0.2, 0.25) is 11.8 Å². The van der Waals surface area contributed by atoms with Crippen LogP contribution in [0.25, 0.3) is 0 Å². The van der Waals surface area contributed by atoms with E-state index in [0.717, 1.165) is 25.9 Å². The molecule has 5 heteroatoms. The fourth-order valence-corrected chi connectivity index (χ4v) is 1.86. The Labute approximate surface area is 102 Å². The first kappa shape index (κ1) is 14.0. The summed E-state index contributed by atoms with van der Waals surface area (Å²) >= 11 is 0. The van der Waals surface area contributed by atoms with Gasteiger partial charge in [-0.1, -0.05) is 6.92 Å². The molecule has 0 atom stereocenters. The number of piperidine rings is 1. The summed E-state index contributed by atoms with van der Waals surface area (Å²) in [6.07, 6.45) is 2.03. The van der Waals surface area contributed by atoms with Gasteiger partial charge < -0.3 is 15.0 Å². The summed E-state index contributed by atoms with van der Waals surface area (Å²) in [6.45, 7) is 4.69. The van der Waals surface area contributed by atoms with Gasteiger partial charge in [0.25, 0.3) is 0 Å². The maximum atomic E-state index is 11.8. The molecule has 1 aliphatic rings. The van der Waals surface area contributed by atoms with Crippen LogP contribution in [0.4, 0.5) is 0 Å². The number of hydrogen-bond donors (Lipinski definition) is 1. The zero-order valence-electron chi connectivity index (χ0n) is 10.7. The summed E-state index contributed by atoms with van der Waals surface area (Å²) in [4.78, 5) is 25.0. The maximum absolute atomic E-state index is 11.8. The highest BCUT2D eigenvalue weighted by atomic mass is 16.5. The first-order valence-electron chi connectivity index (χ1n) is 6.17. The fraction of sp³-hybridized carbons (Fsp3) is 0.833. The van der Waals surface area contributed by atoms with Crippen molar-refractivity contribution in [2.75, 3.05) is 33.4 Å². The normalized spacial score (nSPS) is 16.9. The molecule has 0 saturated carbocycles. The molecule has 0 unspecified atom stereocenters. The van der Waals surface area contributed by atoms with Crippen molar-refractivity contribution in [3.8, 4) is 0 Å². The van der Waals surface area contributed by atoms with Crippen molar-refractivity contribution in [1.82, 2.24) is 10.2 Å². The smallest absolute Gasteiger partial charge is 0.232 e. The second-order valence-electron chi connectivity index (χ2n) is 4.58. The van der Waals surface area contributed by atoms with Gasteiger partial charge >= 0.3 is 0 Å². The SMILES string of the molecule is COCCNC(=O)CC(=O)N1CCC(C)CC1. The van der Waals surface area contributed by atoms with Crippen molar-refractivity contribution in [1.29, 1.82) is 0 Å². The molecule has 98 valence electrons.